The van der Waals surface area contributed by atoms with Gasteiger partial charge in [0.1, 0.15) is 0 Å². The van der Waals surface area contributed by atoms with Gasteiger partial charge in [-0.25, -0.2) is 19.8 Å². The monoisotopic (exact) mass is 342 g/mol. The third-order valence-corrected chi connectivity index (χ3v) is 3.86. The zero-order valence-electron chi connectivity index (χ0n) is 13.9. The van der Waals surface area contributed by atoms with Crippen molar-refractivity contribution in [1.82, 2.24) is 9.99 Å². The van der Waals surface area contributed by atoms with E-state index < -0.39 is 11.7 Å². The number of nitrogens with zero attached hydrogens (tertiary/aromatic N) is 3. The summed E-state index contributed by atoms with van der Waals surface area (Å²) < 4.78 is 5.58. The van der Waals surface area contributed by atoms with Gasteiger partial charge in [0.15, 0.2) is 22.9 Å². The summed E-state index contributed by atoms with van der Waals surface area (Å²) in [7, 11) is 0. The lowest BCUT2D eigenvalue weighted by atomic mass is 10.1. The fourth-order valence-corrected chi connectivity index (χ4v) is 2.52. The van der Waals surface area contributed by atoms with E-state index in [4.69, 9.17) is 4.42 Å². The van der Waals surface area contributed by atoms with Crippen LogP contribution < -0.4 is 5.43 Å². The van der Waals surface area contributed by atoms with Crippen molar-refractivity contribution in [3.05, 3.63) is 35.2 Å². The van der Waals surface area contributed by atoms with Crippen LogP contribution in [0, 0.1) is 0 Å². The van der Waals surface area contributed by atoms with Crippen molar-refractivity contribution in [3.63, 3.8) is 0 Å². The minimum absolute atomic E-state index is 0.0121. The second-order valence-corrected chi connectivity index (χ2v) is 5.34. The minimum Gasteiger partial charge on any atom is -0.504 e. The summed E-state index contributed by atoms with van der Waals surface area (Å²) in [5, 5.41) is 21.5. The van der Waals surface area contributed by atoms with Gasteiger partial charge in [-0.3, -0.25) is 5.43 Å². The SMILES string of the molecule is CCN(CC)Nc1oc(C=C2C=Nc3ncccc32)c(O)c1C(=O)O. The Morgan fingerprint density at radius 1 is 1.40 bits per heavy atom. The number of aromatic carboxylic acids is 1. The average molecular weight is 342 g/mol. The number of pyridine rings is 1. The van der Waals surface area contributed by atoms with Crippen molar-refractivity contribution < 1.29 is 19.4 Å². The highest BCUT2D eigenvalue weighted by Gasteiger charge is 2.26. The third kappa shape index (κ3) is 3.11. The van der Waals surface area contributed by atoms with Gasteiger partial charge in [-0.15, -0.1) is 0 Å². The highest BCUT2D eigenvalue weighted by Crippen LogP contribution is 2.38. The molecule has 0 atom stereocenters. The lowest BCUT2D eigenvalue weighted by Crippen LogP contribution is -2.29. The molecule has 0 amide bonds. The minimum atomic E-state index is -1.28. The number of hydrogen-bond acceptors (Lipinski definition) is 7. The predicted octanol–water partition coefficient (Wildman–Crippen LogP) is 3.00. The second-order valence-electron chi connectivity index (χ2n) is 5.34. The number of fused-ring (bicyclic) bond motifs is 1. The Labute approximate surface area is 144 Å². The van der Waals surface area contributed by atoms with Crippen molar-refractivity contribution in [3.8, 4) is 5.75 Å². The number of hydrazine groups is 1. The van der Waals surface area contributed by atoms with Crippen molar-refractivity contribution in [2.24, 2.45) is 4.99 Å². The van der Waals surface area contributed by atoms with E-state index in [1.165, 1.54) is 0 Å². The molecule has 0 bridgehead atoms. The van der Waals surface area contributed by atoms with Crippen LogP contribution in [0.3, 0.4) is 0 Å². The van der Waals surface area contributed by atoms with E-state index in [1.54, 1.807) is 29.6 Å². The predicted molar refractivity (Wildman–Crippen MR) is 94.1 cm³/mol. The molecule has 0 spiro atoms. The zero-order valence-corrected chi connectivity index (χ0v) is 13.9. The fourth-order valence-electron chi connectivity index (χ4n) is 2.52. The van der Waals surface area contributed by atoms with Crippen LogP contribution in [0.1, 0.15) is 35.5 Å². The number of allylic oxidation sites excluding steroid dienone is 1. The first-order valence-corrected chi connectivity index (χ1v) is 7.86. The number of carboxylic acids is 1. The summed E-state index contributed by atoms with van der Waals surface area (Å²) in [5.41, 5.74) is 4.04. The molecule has 2 aromatic heterocycles. The molecule has 3 N–H and O–H groups in total. The molecule has 25 heavy (non-hydrogen) atoms. The van der Waals surface area contributed by atoms with Gasteiger partial charge in [-0.1, -0.05) is 13.8 Å². The van der Waals surface area contributed by atoms with Crippen LogP contribution in [0.5, 0.6) is 5.75 Å². The smallest absolute Gasteiger partial charge is 0.345 e. The molecular formula is C17H18N4O4. The molecule has 8 heteroatoms. The molecular weight excluding hydrogens is 324 g/mol. The lowest BCUT2D eigenvalue weighted by molar-refractivity contribution is 0.0694. The molecule has 130 valence electrons. The van der Waals surface area contributed by atoms with E-state index in [0.29, 0.717) is 24.5 Å². The Morgan fingerprint density at radius 2 is 2.16 bits per heavy atom. The first kappa shape index (κ1) is 16.7. The summed E-state index contributed by atoms with van der Waals surface area (Å²) in [6.45, 7) is 5.11. The quantitative estimate of drug-likeness (QED) is 0.692. The Hall–Kier alpha value is -3.13. The summed E-state index contributed by atoms with van der Waals surface area (Å²) in [5.74, 6) is -1.10. The molecule has 1 aliphatic rings. The Kier molecular flexibility index (Phi) is 4.53. The number of aliphatic imine (C=N–C) groups is 1. The standard InChI is InChI=1S/C17H18N4O4/c1-3-21(4-2)20-16-13(17(23)24)14(22)12(25-16)8-10-9-19-15-11(10)6-5-7-18-15/h5-9,20,22H,3-4H2,1-2H3,(H,23,24). The van der Waals surface area contributed by atoms with Crippen LogP contribution in [0.15, 0.2) is 27.7 Å². The topological polar surface area (TPSA) is 111 Å². The normalized spacial score (nSPS) is 14.3. The molecule has 1 aliphatic heterocycles. The number of aromatic nitrogens is 1. The van der Waals surface area contributed by atoms with Crippen molar-refractivity contribution in [2.45, 2.75) is 13.8 Å². The number of anilines is 1. The van der Waals surface area contributed by atoms with Crippen molar-refractivity contribution >= 4 is 35.5 Å². The first-order chi connectivity index (χ1) is 12.0. The Bertz CT molecular complexity index is 866. The van der Waals surface area contributed by atoms with Crippen molar-refractivity contribution in [2.75, 3.05) is 18.5 Å². The molecule has 0 saturated heterocycles. The summed E-state index contributed by atoms with van der Waals surface area (Å²) in [4.78, 5) is 19.8. The number of furan rings is 1. The van der Waals surface area contributed by atoms with E-state index in [9.17, 15) is 15.0 Å². The summed E-state index contributed by atoms with van der Waals surface area (Å²) in [6.07, 6.45) is 4.78. The van der Waals surface area contributed by atoms with Crippen LogP contribution in [-0.2, 0) is 0 Å². The molecule has 0 saturated carbocycles. The fraction of sp³-hybridized carbons (Fsp3) is 0.235. The van der Waals surface area contributed by atoms with E-state index in [1.807, 2.05) is 19.9 Å². The maximum atomic E-state index is 11.5. The van der Waals surface area contributed by atoms with Crippen LogP contribution in [-0.4, -0.2) is 45.5 Å². The molecule has 0 radical (unpaired) electrons. The summed E-state index contributed by atoms with van der Waals surface area (Å²) in [6, 6.07) is 3.62. The van der Waals surface area contributed by atoms with Crippen LogP contribution in [0.4, 0.5) is 11.7 Å². The van der Waals surface area contributed by atoms with Gasteiger partial charge >= 0.3 is 5.97 Å². The highest BCUT2D eigenvalue weighted by molar-refractivity contribution is 6.21. The molecule has 0 unspecified atom stereocenters. The largest absolute Gasteiger partial charge is 0.504 e. The van der Waals surface area contributed by atoms with E-state index in [0.717, 1.165) is 5.56 Å². The van der Waals surface area contributed by atoms with Gasteiger partial charge in [-0.05, 0) is 18.2 Å². The second kappa shape index (κ2) is 6.78. The van der Waals surface area contributed by atoms with Crippen LogP contribution >= 0.6 is 0 Å². The third-order valence-electron chi connectivity index (χ3n) is 3.86. The average Bonchev–Trinajstić information content (AvgIpc) is 3.14. The number of aromatic hydroxyl groups is 1. The number of nitrogens with one attached hydrogen (secondary N) is 1. The number of carboxylic acid groups (broad SMARTS) is 1. The number of hydrogen-bond donors (Lipinski definition) is 3. The maximum absolute atomic E-state index is 11.5. The van der Waals surface area contributed by atoms with Gasteiger partial charge in [0, 0.05) is 36.6 Å². The van der Waals surface area contributed by atoms with E-state index >= 15 is 0 Å². The van der Waals surface area contributed by atoms with Gasteiger partial charge in [0.05, 0.1) is 0 Å². The molecule has 8 nitrogen and oxygen atoms in total. The first-order valence-electron chi connectivity index (χ1n) is 7.86. The maximum Gasteiger partial charge on any atom is 0.345 e. The molecule has 0 fully saturated rings. The van der Waals surface area contributed by atoms with Gasteiger partial charge in [-0.2, -0.15) is 0 Å². The summed E-state index contributed by atoms with van der Waals surface area (Å²) >= 11 is 0. The van der Waals surface area contributed by atoms with Gasteiger partial charge < -0.3 is 14.6 Å². The van der Waals surface area contributed by atoms with Gasteiger partial charge in [0.25, 0.3) is 0 Å². The molecule has 3 heterocycles. The Balaban J connectivity index is 2.02. The Morgan fingerprint density at radius 3 is 2.84 bits per heavy atom. The van der Waals surface area contributed by atoms with Crippen molar-refractivity contribution in [1.29, 1.82) is 0 Å². The molecule has 0 aromatic carbocycles. The zero-order chi connectivity index (χ0) is 18.0. The van der Waals surface area contributed by atoms with Gasteiger partial charge in [0.2, 0.25) is 5.88 Å². The lowest BCUT2D eigenvalue weighted by Gasteiger charge is -2.18. The molecule has 3 rings (SSSR count). The van der Waals surface area contributed by atoms with Crippen LogP contribution in [0.2, 0.25) is 0 Å². The number of carbonyl (C=O) groups is 1. The van der Waals surface area contributed by atoms with E-state index in [-0.39, 0.29) is 17.2 Å². The van der Waals surface area contributed by atoms with E-state index in [2.05, 4.69) is 15.4 Å². The molecule has 2 aromatic rings. The molecule has 0 aliphatic carbocycles. The number of rotatable bonds is 6. The van der Waals surface area contributed by atoms with Crippen LogP contribution in [0.25, 0.3) is 11.6 Å². The highest BCUT2D eigenvalue weighted by atomic mass is 16.4.